The lowest BCUT2D eigenvalue weighted by molar-refractivity contribution is 0.262. The maximum Gasteiger partial charge on any atom is 0.323 e. The van der Waals surface area contributed by atoms with E-state index in [2.05, 4.69) is 10.6 Å². The molecule has 0 saturated carbocycles. The minimum Gasteiger partial charge on any atom is -0.387 e. The molecule has 0 bridgehead atoms. The number of carbonyl (C=O) groups is 1. The summed E-state index contributed by atoms with van der Waals surface area (Å²) in [6, 6.07) is 12.1. The van der Waals surface area contributed by atoms with E-state index in [0.717, 1.165) is 5.56 Å². The lowest BCUT2D eigenvalue weighted by Gasteiger charge is -2.08. The van der Waals surface area contributed by atoms with E-state index in [1.807, 2.05) is 0 Å². The Balaban J connectivity index is 1.93. The van der Waals surface area contributed by atoms with Gasteiger partial charge in [-0.3, -0.25) is 5.41 Å². The quantitative estimate of drug-likeness (QED) is 0.514. The van der Waals surface area contributed by atoms with Gasteiger partial charge in [-0.2, -0.15) is 0 Å². The van der Waals surface area contributed by atoms with Crippen LogP contribution in [0.2, 0.25) is 0 Å². The number of carbonyl (C=O) groups excluding carboxylic acids is 1. The van der Waals surface area contributed by atoms with E-state index in [-0.39, 0.29) is 11.7 Å². The van der Waals surface area contributed by atoms with Gasteiger partial charge in [0, 0.05) is 17.8 Å². The molecular formula is C15H15FN4O. The minimum atomic E-state index is -0.416. The van der Waals surface area contributed by atoms with E-state index in [0.29, 0.717) is 17.8 Å². The predicted octanol–water partition coefficient (Wildman–Crippen LogP) is 2.95. The highest BCUT2D eigenvalue weighted by Crippen LogP contribution is 2.12. The molecule has 0 unspecified atom stereocenters. The molecular weight excluding hydrogens is 271 g/mol. The van der Waals surface area contributed by atoms with E-state index in [1.54, 1.807) is 24.3 Å². The monoisotopic (exact) mass is 286 g/mol. The Morgan fingerprint density at radius 2 is 1.48 bits per heavy atom. The molecule has 2 amide bonds. The normalized spacial score (nSPS) is 9.95. The van der Waals surface area contributed by atoms with Crippen LogP contribution in [0.3, 0.4) is 0 Å². The first kappa shape index (κ1) is 14.5. The van der Waals surface area contributed by atoms with Crippen molar-refractivity contribution in [1.82, 2.24) is 0 Å². The second-order valence-corrected chi connectivity index (χ2v) is 4.48. The number of hydrogen-bond acceptors (Lipinski definition) is 2. The number of nitrogens with one attached hydrogen (secondary N) is 3. The number of urea groups is 1. The zero-order valence-electron chi connectivity index (χ0n) is 11.2. The molecule has 0 aromatic heterocycles. The summed E-state index contributed by atoms with van der Waals surface area (Å²) in [4.78, 5) is 11.8. The maximum absolute atomic E-state index is 12.7. The molecule has 0 aliphatic rings. The lowest BCUT2D eigenvalue weighted by atomic mass is 10.1. The molecule has 5 nitrogen and oxygen atoms in total. The van der Waals surface area contributed by atoms with E-state index in [1.165, 1.54) is 24.3 Å². The zero-order valence-corrected chi connectivity index (χ0v) is 11.2. The van der Waals surface area contributed by atoms with Gasteiger partial charge in [0.2, 0.25) is 0 Å². The summed E-state index contributed by atoms with van der Waals surface area (Å²) >= 11 is 0. The van der Waals surface area contributed by atoms with Crippen LogP contribution >= 0.6 is 0 Å². The van der Waals surface area contributed by atoms with E-state index in [4.69, 9.17) is 11.1 Å². The van der Waals surface area contributed by atoms with Crippen molar-refractivity contribution in [2.45, 2.75) is 6.42 Å². The second kappa shape index (κ2) is 6.51. The van der Waals surface area contributed by atoms with Crippen LogP contribution in [-0.4, -0.2) is 11.9 Å². The fourth-order valence-electron chi connectivity index (χ4n) is 1.75. The number of benzene rings is 2. The molecule has 2 rings (SSSR count). The zero-order chi connectivity index (χ0) is 15.2. The van der Waals surface area contributed by atoms with Gasteiger partial charge in [-0.05, 0) is 42.0 Å². The Hall–Kier alpha value is -2.89. The van der Waals surface area contributed by atoms with E-state index < -0.39 is 6.03 Å². The predicted molar refractivity (Wildman–Crippen MR) is 81.1 cm³/mol. The first-order valence-corrected chi connectivity index (χ1v) is 6.28. The third-order valence-corrected chi connectivity index (χ3v) is 2.71. The van der Waals surface area contributed by atoms with Crippen molar-refractivity contribution >= 4 is 23.2 Å². The van der Waals surface area contributed by atoms with Gasteiger partial charge in [0.15, 0.2) is 0 Å². The summed E-state index contributed by atoms with van der Waals surface area (Å²) in [7, 11) is 0. The van der Waals surface area contributed by atoms with Crippen molar-refractivity contribution in [3.05, 3.63) is 59.9 Å². The smallest absolute Gasteiger partial charge is 0.323 e. The largest absolute Gasteiger partial charge is 0.387 e. The van der Waals surface area contributed by atoms with Crippen LogP contribution in [0, 0.1) is 11.2 Å². The van der Waals surface area contributed by atoms with E-state index >= 15 is 0 Å². The molecule has 0 atom stereocenters. The first-order chi connectivity index (χ1) is 10.0. The molecule has 0 spiro atoms. The molecule has 0 heterocycles. The molecule has 0 radical (unpaired) electrons. The van der Waals surface area contributed by atoms with Crippen molar-refractivity contribution in [2.75, 3.05) is 10.6 Å². The van der Waals surface area contributed by atoms with Gasteiger partial charge in [-0.15, -0.1) is 0 Å². The lowest BCUT2D eigenvalue weighted by Crippen LogP contribution is -2.19. The molecule has 5 N–H and O–H groups in total. The third kappa shape index (κ3) is 4.61. The highest BCUT2D eigenvalue weighted by Gasteiger charge is 2.03. The van der Waals surface area contributed by atoms with E-state index in [9.17, 15) is 9.18 Å². The van der Waals surface area contributed by atoms with Gasteiger partial charge in [0.25, 0.3) is 0 Å². The highest BCUT2D eigenvalue weighted by molar-refractivity contribution is 5.99. The Bertz CT molecular complexity index is 638. The fourth-order valence-corrected chi connectivity index (χ4v) is 1.75. The average molecular weight is 286 g/mol. The maximum atomic E-state index is 12.7. The number of nitrogens with two attached hydrogens (primary N) is 1. The molecule has 21 heavy (non-hydrogen) atoms. The summed E-state index contributed by atoms with van der Waals surface area (Å²) < 4.78 is 12.7. The molecule has 0 aliphatic carbocycles. The van der Waals surface area contributed by atoms with Crippen molar-refractivity contribution < 1.29 is 9.18 Å². The summed E-state index contributed by atoms with van der Waals surface area (Å²) in [6.07, 6.45) is 0.377. The van der Waals surface area contributed by atoms with Crippen LogP contribution in [-0.2, 0) is 6.42 Å². The average Bonchev–Trinajstić information content (AvgIpc) is 2.43. The second-order valence-electron chi connectivity index (χ2n) is 4.48. The molecule has 108 valence electrons. The molecule has 0 aliphatic heterocycles. The van der Waals surface area contributed by atoms with Gasteiger partial charge in [-0.1, -0.05) is 12.1 Å². The van der Waals surface area contributed by atoms with Gasteiger partial charge >= 0.3 is 6.03 Å². The van der Waals surface area contributed by atoms with Crippen LogP contribution in [0.5, 0.6) is 0 Å². The van der Waals surface area contributed by atoms with Crippen molar-refractivity contribution in [3.8, 4) is 0 Å². The van der Waals surface area contributed by atoms with Crippen LogP contribution in [0.4, 0.5) is 20.6 Å². The molecule has 0 fully saturated rings. The van der Waals surface area contributed by atoms with Crippen LogP contribution in [0.15, 0.2) is 48.5 Å². The van der Waals surface area contributed by atoms with Crippen LogP contribution in [0.1, 0.15) is 5.56 Å². The highest BCUT2D eigenvalue weighted by atomic mass is 19.1. The molecule has 2 aromatic rings. The molecule has 2 aromatic carbocycles. The van der Waals surface area contributed by atoms with Crippen LogP contribution < -0.4 is 16.4 Å². The Morgan fingerprint density at radius 3 is 1.95 bits per heavy atom. The summed E-state index contributed by atoms with van der Waals surface area (Å²) in [5.74, 6) is -0.271. The summed E-state index contributed by atoms with van der Waals surface area (Å²) in [5.41, 5.74) is 7.33. The minimum absolute atomic E-state index is 0.0877. The Morgan fingerprint density at radius 1 is 1.00 bits per heavy atom. The van der Waals surface area contributed by atoms with Gasteiger partial charge < -0.3 is 16.4 Å². The van der Waals surface area contributed by atoms with Crippen molar-refractivity contribution in [3.63, 3.8) is 0 Å². The summed E-state index contributed by atoms with van der Waals surface area (Å²) in [6.45, 7) is 0. The standard InChI is InChI=1S/C15H15FN4O/c16-11-3-7-13(8-4-11)20-15(21)19-12-5-1-10(2-6-12)9-14(17)18/h1-8H,9H2,(H3,17,18)(H2,19,20,21). The topological polar surface area (TPSA) is 91.0 Å². The number of amides is 2. The number of amidine groups is 1. The molecule has 6 heteroatoms. The summed E-state index contributed by atoms with van der Waals surface area (Å²) in [5, 5.41) is 12.5. The number of rotatable bonds is 4. The number of anilines is 2. The SMILES string of the molecule is N=C(N)Cc1ccc(NC(=O)Nc2ccc(F)cc2)cc1. The third-order valence-electron chi connectivity index (χ3n) is 2.71. The van der Waals surface area contributed by atoms with Gasteiger partial charge in [0.05, 0.1) is 5.84 Å². The fraction of sp³-hybridized carbons (Fsp3) is 0.0667. The number of hydrogen-bond donors (Lipinski definition) is 4. The molecule has 0 saturated heterocycles. The van der Waals surface area contributed by atoms with Crippen molar-refractivity contribution in [1.29, 1.82) is 5.41 Å². The number of halogens is 1. The van der Waals surface area contributed by atoms with Crippen molar-refractivity contribution in [2.24, 2.45) is 5.73 Å². The van der Waals surface area contributed by atoms with Gasteiger partial charge in [-0.25, -0.2) is 9.18 Å². The van der Waals surface area contributed by atoms with Gasteiger partial charge in [0.1, 0.15) is 5.82 Å². The van der Waals surface area contributed by atoms with Crippen LogP contribution in [0.25, 0.3) is 0 Å². The Kier molecular flexibility index (Phi) is 4.50. The Labute approximate surface area is 121 Å². The first-order valence-electron chi connectivity index (χ1n) is 6.28.